The standard InChI is InChI=1S/C24H29N3O5/c1-25(2)18-8-6-17(7-9-18)21-20(22(28)19-5-3-14-32-19)23(29)24(30)27(21)11-4-10-26-12-15-31-16-13-26/h3,5-9,14,21,29H,4,10-13,15-16H2,1-2H3/p+1/t21-/m1/s1. The van der Waals surface area contributed by atoms with Crippen LogP contribution in [0.2, 0.25) is 0 Å². The minimum absolute atomic E-state index is 0.0706. The highest BCUT2D eigenvalue weighted by Gasteiger charge is 2.44. The first-order valence-electron chi connectivity index (χ1n) is 11.0. The molecule has 2 aliphatic rings. The highest BCUT2D eigenvalue weighted by atomic mass is 16.5. The molecule has 1 aromatic heterocycles. The number of morpholine rings is 1. The van der Waals surface area contributed by atoms with Crippen molar-refractivity contribution in [1.29, 1.82) is 0 Å². The zero-order valence-electron chi connectivity index (χ0n) is 18.5. The summed E-state index contributed by atoms with van der Waals surface area (Å²) in [6, 6.07) is 10.2. The molecule has 2 aromatic rings. The highest BCUT2D eigenvalue weighted by Crippen LogP contribution is 2.39. The molecule has 0 aliphatic carbocycles. The van der Waals surface area contributed by atoms with E-state index in [0.717, 1.165) is 50.5 Å². The lowest BCUT2D eigenvalue weighted by Crippen LogP contribution is -3.14. The Morgan fingerprint density at radius 2 is 1.91 bits per heavy atom. The Kier molecular flexibility index (Phi) is 6.62. The van der Waals surface area contributed by atoms with Crippen molar-refractivity contribution in [2.75, 3.05) is 58.4 Å². The molecule has 0 saturated carbocycles. The molecule has 0 unspecified atom stereocenters. The number of aliphatic hydroxyl groups excluding tert-OH is 1. The van der Waals surface area contributed by atoms with Crippen molar-refractivity contribution in [3.8, 4) is 0 Å². The molecule has 1 amide bonds. The van der Waals surface area contributed by atoms with Gasteiger partial charge < -0.3 is 29.0 Å². The second-order valence-electron chi connectivity index (χ2n) is 8.42. The lowest BCUT2D eigenvalue weighted by Gasteiger charge is -2.28. The number of benzene rings is 1. The molecule has 0 spiro atoms. The van der Waals surface area contributed by atoms with Crippen molar-refractivity contribution in [1.82, 2.24) is 4.90 Å². The number of amides is 1. The first kappa shape index (κ1) is 22.1. The average molecular weight is 441 g/mol. The van der Waals surface area contributed by atoms with Crippen LogP contribution in [0, 0.1) is 0 Å². The van der Waals surface area contributed by atoms with E-state index in [0.29, 0.717) is 6.54 Å². The molecule has 3 heterocycles. The first-order valence-corrected chi connectivity index (χ1v) is 11.0. The number of ketones is 1. The number of carbonyl (C=O) groups is 2. The molecule has 0 radical (unpaired) electrons. The number of carbonyl (C=O) groups excluding carboxylic acids is 2. The third-order valence-corrected chi connectivity index (χ3v) is 6.15. The summed E-state index contributed by atoms with van der Waals surface area (Å²) in [5.74, 6) is -1.37. The molecular weight excluding hydrogens is 410 g/mol. The van der Waals surface area contributed by atoms with E-state index in [1.165, 1.54) is 11.2 Å². The van der Waals surface area contributed by atoms with Crippen LogP contribution in [-0.4, -0.2) is 75.2 Å². The summed E-state index contributed by atoms with van der Waals surface area (Å²) in [5, 5.41) is 10.7. The zero-order chi connectivity index (χ0) is 22.7. The molecule has 8 nitrogen and oxygen atoms in total. The van der Waals surface area contributed by atoms with E-state index in [2.05, 4.69) is 0 Å². The van der Waals surface area contributed by atoms with Gasteiger partial charge in [-0.2, -0.15) is 0 Å². The van der Waals surface area contributed by atoms with Gasteiger partial charge in [0.05, 0.1) is 37.6 Å². The number of anilines is 1. The van der Waals surface area contributed by atoms with Crippen LogP contribution < -0.4 is 9.80 Å². The summed E-state index contributed by atoms with van der Waals surface area (Å²) in [6.45, 7) is 4.76. The Bertz CT molecular complexity index is 976. The molecular formula is C24H30N3O5+. The van der Waals surface area contributed by atoms with Crippen molar-refractivity contribution in [2.45, 2.75) is 12.5 Å². The molecule has 1 atom stereocenters. The Hall–Kier alpha value is -3.10. The van der Waals surface area contributed by atoms with Crippen LogP contribution in [-0.2, 0) is 9.53 Å². The van der Waals surface area contributed by atoms with Crippen LogP contribution in [0.5, 0.6) is 0 Å². The lowest BCUT2D eigenvalue weighted by molar-refractivity contribution is -0.908. The summed E-state index contributed by atoms with van der Waals surface area (Å²) in [6.07, 6.45) is 2.17. The van der Waals surface area contributed by atoms with E-state index in [9.17, 15) is 14.7 Å². The quantitative estimate of drug-likeness (QED) is 0.601. The maximum atomic E-state index is 13.2. The fourth-order valence-electron chi connectivity index (χ4n) is 4.37. The van der Waals surface area contributed by atoms with Gasteiger partial charge in [-0.1, -0.05) is 12.1 Å². The fourth-order valence-corrected chi connectivity index (χ4v) is 4.37. The number of hydrogen-bond donors (Lipinski definition) is 2. The van der Waals surface area contributed by atoms with Gasteiger partial charge in [0.15, 0.2) is 11.5 Å². The van der Waals surface area contributed by atoms with E-state index in [1.807, 2.05) is 43.3 Å². The Morgan fingerprint density at radius 1 is 1.19 bits per heavy atom. The largest absolute Gasteiger partial charge is 0.503 e. The first-order chi connectivity index (χ1) is 15.5. The van der Waals surface area contributed by atoms with Gasteiger partial charge in [0, 0.05) is 32.7 Å². The Balaban J connectivity index is 1.60. The fraction of sp³-hybridized carbons (Fsp3) is 0.417. The normalized spacial score (nSPS) is 19.6. The maximum Gasteiger partial charge on any atom is 0.290 e. The van der Waals surface area contributed by atoms with Crippen molar-refractivity contribution in [2.24, 2.45) is 0 Å². The number of quaternary nitrogens is 1. The van der Waals surface area contributed by atoms with Crippen molar-refractivity contribution in [3.05, 3.63) is 65.3 Å². The lowest BCUT2D eigenvalue weighted by atomic mass is 9.94. The third kappa shape index (κ3) is 4.42. The molecule has 1 saturated heterocycles. The van der Waals surface area contributed by atoms with Gasteiger partial charge in [-0.05, 0) is 29.8 Å². The summed E-state index contributed by atoms with van der Waals surface area (Å²) in [5.41, 5.74) is 1.86. The number of hydrogen-bond acceptors (Lipinski definition) is 6. The summed E-state index contributed by atoms with van der Waals surface area (Å²) < 4.78 is 10.7. The Morgan fingerprint density at radius 3 is 2.53 bits per heavy atom. The summed E-state index contributed by atoms with van der Waals surface area (Å²) in [4.78, 5) is 31.2. The summed E-state index contributed by atoms with van der Waals surface area (Å²) in [7, 11) is 3.90. The van der Waals surface area contributed by atoms with E-state index >= 15 is 0 Å². The van der Waals surface area contributed by atoms with Crippen molar-refractivity contribution in [3.63, 3.8) is 0 Å². The number of Topliss-reactive ketones (excluding diaryl/α,β-unsaturated/α-hetero) is 1. The van der Waals surface area contributed by atoms with E-state index < -0.39 is 23.5 Å². The predicted molar refractivity (Wildman–Crippen MR) is 119 cm³/mol. The number of aliphatic hydroxyl groups is 1. The van der Waals surface area contributed by atoms with Gasteiger partial charge in [0.2, 0.25) is 5.78 Å². The van der Waals surface area contributed by atoms with Crippen LogP contribution in [0.25, 0.3) is 0 Å². The van der Waals surface area contributed by atoms with Crippen LogP contribution >= 0.6 is 0 Å². The summed E-state index contributed by atoms with van der Waals surface area (Å²) >= 11 is 0. The van der Waals surface area contributed by atoms with Crippen LogP contribution in [0.3, 0.4) is 0 Å². The molecule has 1 aromatic carbocycles. The van der Waals surface area contributed by atoms with Gasteiger partial charge in [-0.15, -0.1) is 0 Å². The number of nitrogens with one attached hydrogen (secondary N) is 1. The second kappa shape index (κ2) is 9.58. The van der Waals surface area contributed by atoms with Gasteiger partial charge in [-0.3, -0.25) is 9.59 Å². The number of ether oxygens (including phenoxy) is 1. The van der Waals surface area contributed by atoms with Gasteiger partial charge in [-0.25, -0.2) is 0 Å². The molecule has 32 heavy (non-hydrogen) atoms. The molecule has 170 valence electrons. The number of furan rings is 1. The van der Waals surface area contributed by atoms with Gasteiger partial charge >= 0.3 is 0 Å². The molecule has 8 heteroatoms. The van der Waals surface area contributed by atoms with Crippen LogP contribution in [0.1, 0.15) is 28.6 Å². The average Bonchev–Trinajstić information content (AvgIpc) is 3.43. The van der Waals surface area contributed by atoms with E-state index in [1.54, 1.807) is 17.0 Å². The third-order valence-electron chi connectivity index (χ3n) is 6.15. The molecule has 4 rings (SSSR count). The van der Waals surface area contributed by atoms with Gasteiger partial charge in [0.25, 0.3) is 5.91 Å². The smallest absolute Gasteiger partial charge is 0.290 e. The topological polar surface area (TPSA) is 87.7 Å². The van der Waals surface area contributed by atoms with Crippen molar-refractivity contribution < 1.29 is 28.7 Å². The SMILES string of the molecule is CN(C)c1ccc([C@@H]2C(C(=O)c3ccco3)=C(O)C(=O)N2CCC[NH+]2CCOCC2)cc1. The maximum absolute atomic E-state index is 13.2. The Labute approximate surface area is 187 Å². The van der Waals surface area contributed by atoms with E-state index in [-0.39, 0.29) is 11.3 Å². The number of rotatable bonds is 8. The zero-order valence-corrected chi connectivity index (χ0v) is 18.5. The second-order valence-corrected chi connectivity index (χ2v) is 8.42. The molecule has 1 fully saturated rings. The van der Waals surface area contributed by atoms with Crippen molar-refractivity contribution >= 4 is 17.4 Å². The van der Waals surface area contributed by atoms with E-state index in [4.69, 9.17) is 9.15 Å². The molecule has 2 N–H and O–H groups in total. The van der Waals surface area contributed by atoms with Crippen LogP contribution in [0.4, 0.5) is 5.69 Å². The number of nitrogens with zero attached hydrogens (tertiary/aromatic N) is 2. The van der Waals surface area contributed by atoms with Crippen LogP contribution in [0.15, 0.2) is 58.4 Å². The molecule has 2 aliphatic heterocycles. The minimum Gasteiger partial charge on any atom is -0.503 e. The van der Waals surface area contributed by atoms with Gasteiger partial charge in [0.1, 0.15) is 13.1 Å². The monoisotopic (exact) mass is 440 g/mol. The minimum atomic E-state index is -0.656. The predicted octanol–water partition coefficient (Wildman–Crippen LogP) is 1.23. The molecule has 0 bridgehead atoms. The highest BCUT2D eigenvalue weighted by molar-refractivity contribution is 6.15.